The van der Waals surface area contributed by atoms with Gasteiger partial charge in [-0.05, 0) is 37.3 Å². The lowest BCUT2D eigenvalue weighted by atomic mass is 10.0. The topological polar surface area (TPSA) is 20.3 Å². The number of rotatable bonds is 5. The maximum Gasteiger partial charge on any atom is 0.176 e. The van der Waals surface area contributed by atoms with Crippen molar-refractivity contribution < 1.29 is 4.79 Å². The first-order valence-electron chi connectivity index (χ1n) is 7.49. The van der Waals surface area contributed by atoms with Crippen molar-refractivity contribution in [2.75, 3.05) is 13.1 Å². The van der Waals surface area contributed by atoms with Gasteiger partial charge in [-0.2, -0.15) is 0 Å². The van der Waals surface area contributed by atoms with Crippen LogP contribution < -0.4 is 0 Å². The van der Waals surface area contributed by atoms with Crippen LogP contribution in [-0.2, 0) is 0 Å². The fourth-order valence-corrected chi connectivity index (χ4v) is 2.90. The van der Waals surface area contributed by atoms with Gasteiger partial charge in [-0.25, -0.2) is 0 Å². The Balaban J connectivity index is 1.99. The van der Waals surface area contributed by atoms with Crippen LogP contribution in [-0.4, -0.2) is 29.8 Å². The van der Waals surface area contributed by atoms with Gasteiger partial charge in [0, 0.05) is 11.6 Å². The Labute approximate surface area is 116 Å². The predicted molar refractivity (Wildman–Crippen MR) is 79.7 cm³/mol. The Hall–Kier alpha value is -1.15. The van der Waals surface area contributed by atoms with Gasteiger partial charge in [-0.3, -0.25) is 9.69 Å². The molecule has 2 nitrogen and oxygen atoms in total. The molecule has 1 aromatic carbocycles. The van der Waals surface area contributed by atoms with Crippen LogP contribution in [0.4, 0.5) is 0 Å². The van der Waals surface area contributed by atoms with E-state index in [0.717, 1.165) is 18.5 Å². The van der Waals surface area contributed by atoms with E-state index in [1.807, 2.05) is 12.1 Å². The van der Waals surface area contributed by atoms with Crippen molar-refractivity contribution in [3.63, 3.8) is 0 Å². The van der Waals surface area contributed by atoms with Gasteiger partial charge < -0.3 is 0 Å². The highest BCUT2D eigenvalue weighted by atomic mass is 16.1. The number of ketones is 1. The number of hydrogen-bond donors (Lipinski definition) is 0. The van der Waals surface area contributed by atoms with Crippen LogP contribution in [0.1, 0.15) is 61.9 Å². The molecule has 2 heteroatoms. The summed E-state index contributed by atoms with van der Waals surface area (Å²) in [6.45, 7) is 8.22. The van der Waals surface area contributed by atoms with Crippen LogP contribution >= 0.6 is 0 Å². The van der Waals surface area contributed by atoms with Gasteiger partial charge in [-0.1, -0.05) is 45.0 Å². The number of hydrogen-bond acceptors (Lipinski definition) is 2. The van der Waals surface area contributed by atoms with Crippen LogP contribution in [0.2, 0.25) is 0 Å². The zero-order chi connectivity index (χ0) is 13.8. The van der Waals surface area contributed by atoms with Crippen LogP contribution in [0, 0.1) is 0 Å². The van der Waals surface area contributed by atoms with Gasteiger partial charge in [0.05, 0.1) is 6.54 Å². The van der Waals surface area contributed by atoms with Gasteiger partial charge in [0.15, 0.2) is 5.78 Å². The third-order valence-electron chi connectivity index (χ3n) is 4.22. The fourth-order valence-electron chi connectivity index (χ4n) is 2.90. The van der Waals surface area contributed by atoms with Gasteiger partial charge in [0.2, 0.25) is 0 Å². The smallest absolute Gasteiger partial charge is 0.176 e. The molecule has 1 fully saturated rings. The maximum atomic E-state index is 12.3. The molecule has 0 aliphatic carbocycles. The molecule has 0 radical (unpaired) electrons. The first kappa shape index (κ1) is 14.3. The Bertz CT molecular complexity index is 421. The molecular formula is C17H25NO. The molecule has 0 aromatic heterocycles. The molecule has 0 spiro atoms. The Morgan fingerprint density at radius 1 is 1.32 bits per heavy atom. The number of benzene rings is 1. The summed E-state index contributed by atoms with van der Waals surface area (Å²) in [6.07, 6.45) is 3.63. The first-order chi connectivity index (χ1) is 9.11. The summed E-state index contributed by atoms with van der Waals surface area (Å²) < 4.78 is 0. The molecule has 19 heavy (non-hydrogen) atoms. The second kappa shape index (κ2) is 6.33. The number of likely N-dealkylation sites (tertiary alicyclic amines) is 1. The van der Waals surface area contributed by atoms with E-state index >= 15 is 0 Å². The summed E-state index contributed by atoms with van der Waals surface area (Å²) in [4.78, 5) is 14.6. The summed E-state index contributed by atoms with van der Waals surface area (Å²) in [7, 11) is 0. The van der Waals surface area contributed by atoms with E-state index in [2.05, 4.69) is 37.8 Å². The van der Waals surface area contributed by atoms with Crippen LogP contribution in [0.3, 0.4) is 0 Å². The SMILES string of the molecule is CCC1CCCN1CC(=O)c1ccc(C(C)C)cc1. The number of nitrogens with zero attached hydrogens (tertiary/aromatic N) is 1. The highest BCUT2D eigenvalue weighted by Crippen LogP contribution is 2.20. The molecule has 1 aliphatic rings. The van der Waals surface area contributed by atoms with Crippen molar-refractivity contribution in [2.24, 2.45) is 0 Å². The van der Waals surface area contributed by atoms with Crippen molar-refractivity contribution in [1.29, 1.82) is 0 Å². The van der Waals surface area contributed by atoms with Crippen molar-refractivity contribution >= 4 is 5.78 Å². The molecule has 0 amide bonds. The minimum absolute atomic E-state index is 0.260. The summed E-state index contributed by atoms with van der Waals surface area (Å²) in [5.74, 6) is 0.780. The van der Waals surface area contributed by atoms with E-state index < -0.39 is 0 Å². The third-order valence-corrected chi connectivity index (χ3v) is 4.22. The van der Waals surface area contributed by atoms with Crippen LogP contribution in [0.25, 0.3) is 0 Å². The Morgan fingerprint density at radius 2 is 2.00 bits per heavy atom. The first-order valence-corrected chi connectivity index (χ1v) is 7.49. The lowest BCUT2D eigenvalue weighted by molar-refractivity contribution is 0.0920. The highest BCUT2D eigenvalue weighted by Gasteiger charge is 2.24. The predicted octanol–water partition coefficient (Wildman–Crippen LogP) is 3.87. The molecule has 0 saturated carbocycles. The van der Waals surface area contributed by atoms with E-state index in [1.54, 1.807) is 0 Å². The largest absolute Gasteiger partial charge is 0.293 e. The maximum absolute atomic E-state index is 12.3. The zero-order valence-corrected chi connectivity index (χ0v) is 12.4. The summed E-state index contributed by atoms with van der Waals surface area (Å²) in [5, 5.41) is 0. The van der Waals surface area contributed by atoms with Gasteiger partial charge in [0.25, 0.3) is 0 Å². The molecule has 1 aromatic rings. The second-order valence-electron chi connectivity index (χ2n) is 5.87. The molecule has 1 atom stereocenters. The van der Waals surface area contributed by atoms with Crippen LogP contribution in [0.15, 0.2) is 24.3 Å². The molecule has 0 bridgehead atoms. The van der Waals surface area contributed by atoms with Gasteiger partial charge in [-0.15, -0.1) is 0 Å². The van der Waals surface area contributed by atoms with Gasteiger partial charge in [0.1, 0.15) is 0 Å². The zero-order valence-electron chi connectivity index (χ0n) is 12.4. The quantitative estimate of drug-likeness (QED) is 0.748. The lowest BCUT2D eigenvalue weighted by Crippen LogP contribution is -2.33. The van der Waals surface area contributed by atoms with E-state index in [0.29, 0.717) is 18.5 Å². The molecule has 104 valence electrons. The monoisotopic (exact) mass is 259 g/mol. The molecule has 1 unspecified atom stereocenters. The summed E-state index contributed by atoms with van der Waals surface area (Å²) in [6, 6.07) is 8.74. The van der Waals surface area contributed by atoms with E-state index in [1.165, 1.54) is 18.4 Å². The summed E-state index contributed by atoms with van der Waals surface area (Å²) >= 11 is 0. The highest BCUT2D eigenvalue weighted by molar-refractivity contribution is 5.97. The minimum Gasteiger partial charge on any atom is -0.293 e. The molecule has 1 heterocycles. The number of carbonyl (C=O) groups is 1. The van der Waals surface area contributed by atoms with Gasteiger partial charge >= 0.3 is 0 Å². The molecule has 1 saturated heterocycles. The molecule has 0 N–H and O–H groups in total. The average Bonchev–Trinajstić information content (AvgIpc) is 2.86. The molecular weight excluding hydrogens is 234 g/mol. The Morgan fingerprint density at radius 3 is 2.58 bits per heavy atom. The minimum atomic E-state index is 0.260. The van der Waals surface area contributed by atoms with Crippen molar-refractivity contribution in [3.8, 4) is 0 Å². The van der Waals surface area contributed by atoms with Crippen LogP contribution in [0.5, 0.6) is 0 Å². The van der Waals surface area contributed by atoms with E-state index in [-0.39, 0.29) is 5.78 Å². The standard InChI is InChI=1S/C17H25NO/c1-4-16-6-5-11-18(16)12-17(19)15-9-7-14(8-10-15)13(2)3/h7-10,13,16H,4-6,11-12H2,1-3H3. The molecule has 1 aliphatic heterocycles. The normalized spacial score (nSPS) is 20.1. The van der Waals surface area contributed by atoms with Crippen molar-refractivity contribution in [1.82, 2.24) is 4.90 Å². The third kappa shape index (κ3) is 3.44. The Kier molecular flexibility index (Phi) is 4.76. The van der Waals surface area contributed by atoms with Crippen molar-refractivity contribution in [2.45, 2.75) is 52.0 Å². The number of Topliss-reactive ketones (excluding diaryl/α,β-unsaturated/α-hetero) is 1. The van der Waals surface area contributed by atoms with Crippen molar-refractivity contribution in [3.05, 3.63) is 35.4 Å². The second-order valence-corrected chi connectivity index (χ2v) is 5.87. The fraction of sp³-hybridized carbons (Fsp3) is 0.588. The van der Waals surface area contributed by atoms with E-state index in [9.17, 15) is 4.79 Å². The molecule has 2 rings (SSSR count). The summed E-state index contributed by atoms with van der Waals surface area (Å²) in [5.41, 5.74) is 2.15. The number of carbonyl (C=O) groups excluding carboxylic acids is 1. The average molecular weight is 259 g/mol. The van der Waals surface area contributed by atoms with E-state index in [4.69, 9.17) is 0 Å². The lowest BCUT2D eigenvalue weighted by Gasteiger charge is -2.22.